The molecule has 1 saturated heterocycles. The molecule has 1 aliphatic heterocycles. The van der Waals surface area contributed by atoms with Crippen LogP contribution in [0.15, 0.2) is 12.1 Å². The van der Waals surface area contributed by atoms with Gasteiger partial charge in [0.25, 0.3) is 0 Å². The molecule has 0 spiro atoms. The fourth-order valence-corrected chi connectivity index (χ4v) is 2.31. The van der Waals surface area contributed by atoms with Crippen LogP contribution in [0.3, 0.4) is 0 Å². The van der Waals surface area contributed by atoms with Gasteiger partial charge in [-0.1, -0.05) is 0 Å². The summed E-state index contributed by atoms with van der Waals surface area (Å²) in [7, 11) is 4.75. The quantitative estimate of drug-likeness (QED) is 0.846. The van der Waals surface area contributed by atoms with Crippen LogP contribution in [0.5, 0.6) is 17.2 Å². The number of aliphatic carboxylic acids is 1. The van der Waals surface area contributed by atoms with E-state index in [9.17, 15) is 4.79 Å². The predicted octanol–water partition coefficient (Wildman–Crippen LogP) is 1.23. The Balaban J connectivity index is 2.13. The maximum atomic E-state index is 10.8. The van der Waals surface area contributed by atoms with Gasteiger partial charge in [0.2, 0.25) is 0 Å². The predicted molar refractivity (Wildman–Crippen MR) is 72.5 cm³/mol. The van der Waals surface area contributed by atoms with E-state index in [0.717, 1.165) is 5.56 Å². The highest BCUT2D eigenvalue weighted by molar-refractivity contribution is 5.71. The molecule has 0 bridgehead atoms. The Bertz CT molecular complexity index is 497. The molecular formula is C14H19NO5. The van der Waals surface area contributed by atoms with Crippen LogP contribution in [0.2, 0.25) is 0 Å². The van der Waals surface area contributed by atoms with Crippen LogP contribution in [-0.2, 0) is 11.3 Å². The van der Waals surface area contributed by atoms with Gasteiger partial charge in [0.1, 0.15) is 5.75 Å². The molecule has 1 aromatic rings. The SMILES string of the molecule is COc1cc(OC)c(OC)cc1CN1CC(C(=O)O)C1. The minimum absolute atomic E-state index is 0.263. The van der Waals surface area contributed by atoms with Crippen molar-refractivity contribution in [3.63, 3.8) is 0 Å². The number of hydrogen-bond acceptors (Lipinski definition) is 5. The number of likely N-dealkylation sites (tertiary alicyclic amines) is 1. The summed E-state index contributed by atoms with van der Waals surface area (Å²) in [5.41, 5.74) is 0.953. The summed E-state index contributed by atoms with van der Waals surface area (Å²) in [6, 6.07) is 3.65. The Kier molecular flexibility index (Phi) is 4.34. The van der Waals surface area contributed by atoms with E-state index in [4.69, 9.17) is 19.3 Å². The summed E-state index contributed by atoms with van der Waals surface area (Å²) in [6.07, 6.45) is 0. The molecule has 0 amide bonds. The molecule has 20 heavy (non-hydrogen) atoms. The topological polar surface area (TPSA) is 68.2 Å². The van der Waals surface area contributed by atoms with Crippen molar-refractivity contribution in [1.82, 2.24) is 4.90 Å². The van der Waals surface area contributed by atoms with Gasteiger partial charge in [-0.2, -0.15) is 0 Å². The van der Waals surface area contributed by atoms with Crippen molar-refractivity contribution in [3.05, 3.63) is 17.7 Å². The highest BCUT2D eigenvalue weighted by Crippen LogP contribution is 2.36. The molecule has 6 nitrogen and oxygen atoms in total. The second kappa shape index (κ2) is 6.00. The van der Waals surface area contributed by atoms with E-state index in [0.29, 0.717) is 36.9 Å². The van der Waals surface area contributed by atoms with Crippen molar-refractivity contribution in [1.29, 1.82) is 0 Å². The molecule has 1 heterocycles. The lowest BCUT2D eigenvalue weighted by Gasteiger charge is -2.36. The lowest BCUT2D eigenvalue weighted by molar-refractivity contribution is -0.147. The van der Waals surface area contributed by atoms with E-state index in [-0.39, 0.29) is 5.92 Å². The Morgan fingerprint density at radius 3 is 2.20 bits per heavy atom. The second-order valence-electron chi connectivity index (χ2n) is 4.75. The number of carboxylic acids is 1. The first-order chi connectivity index (χ1) is 9.58. The summed E-state index contributed by atoms with van der Waals surface area (Å²) in [5, 5.41) is 8.88. The summed E-state index contributed by atoms with van der Waals surface area (Å²) in [5.74, 6) is 0.960. The average Bonchev–Trinajstić information content (AvgIpc) is 2.40. The van der Waals surface area contributed by atoms with Crippen LogP contribution in [-0.4, -0.2) is 50.4 Å². The monoisotopic (exact) mass is 281 g/mol. The number of benzene rings is 1. The fraction of sp³-hybridized carbons (Fsp3) is 0.500. The molecule has 0 aromatic heterocycles. The van der Waals surface area contributed by atoms with Gasteiger partial charge in [0, 0.05) is 31.3 Å². The normalized spacial score (nSPS) is 15.6. The third-order valence-electron chi connectivity index (χ3n) is 3.49. The smallest absolute Gasteiger partial charge is 0.309 e. The molecule has 6 heteroatoms. The summed E-state index contributed by atoms with van der Waals surface area (Å²) >= 11 is 0. The highest BCUT2D eigenvalue weighted by Gasteiger charge is 2.32. The van der Waals surface area contributed by atoms with E-state index in [1.54, 1.807) is 27.4 Å². The van der Waals surface area contributed by atoms with E-state index in [2.05, 4.69) is 4.90 Å². The van der Waals surface area contributed by atoms with Gasteiger partial charge in [-0.25, -0.2) is 0 Å². The highest BCUT2D eigenvalue weighted by atomic mass is 16.5. The molecule has 0 saturated carbocycles. The van der Waals surface area contributed by atoms with Gasteiger partial charge in [-0.3, -0.25) is 9.69 Å². The first-order valence-electron chi connectivity index (χ1n) is 6.33. The molecule has 110 valence electrons. The maximum Gasteiger partial charge on any atom is 0.309 e. The lowest BCUT2D eigenvalue weighted by atomic mass is 9.99. The zero-order valence-electron chi connectivity index (χ0n) is 11.9. The Morgan fingerprint density at radius 1 is 1.15 bits per heavy atom. The van der Waals surface area contributed by atoms with Crippen LogP contribution in [0, 0.1) is 5.92 Å². The summed E-state index contributed by atoms with van der Waals surface area (Å²) in [4.78, 5) is 12.9. The molecule has 1 aromatic carbocycles. The van der Waals surface area contributed by atoms with Crippen molar-refractivity contribution < 1.29 is 24.1 Å². The van der Waals surface area contributed by atoms with E-state index in [1.807, 2.05) is 6.07 Å². The third kappa shape index (κ3) is 2.80. The van der Waals surface area contributed by atoms with Crippen molar-refractivity contribution in [2.45, 2.75) is 6.54 Å². The first kappa shape index (κ1) is 14.5. The van der Waals surface area contributed by atoms with Gasteiger partial charge < -0.3 is 19.3 Å². The van der Waals surface area contributed by atoms with Gasteiger partial charge in [-0.05, 0) is 6.07 Å². The van der Waals surface area contributed by atoms with Crippen molar-refractivity contribution >= 4 is 5.97 Å². The lowest BCUT2D eigenvalue weighted by Crippen LogP contribution is -2.49. The Hall–Kier alpha value is -1.95. The number of carbonyl (C=O) groups is 1. The van der Waals surface area contributed by atoms with Gasteiger partial charge in [-0.15, -0.1) is 0 Å². The molecule has 0 atom stereocenters. The minimum atomic E-state index is -0.736. The fourth-order valence-electron chi connectivity index (χ4n) is 2.31. The van der Waals surface area contributed by atoms with Crippen molar-refractivity contribution in [2.24, 2.45) is 5.92 Å². The molecule has 2 rings (SSSR count). The summed E-state index contributed by atoms with van der Waals surface area (Å²) < 4.78 is 15.9. The minimum Gasteiger partial charge on any atom is -0.496 e. The average molecular weight is 281 g/mol. The zero-order chi connectivity index (χ0) is 14.7. The Morgan fingerprint density at radius 2 is 1.70 bits per heavy atom. The van der Waals surface area contributed by atoms with E-state index >= 15 is 0 Å². The number of methoxy groups -OCH3 is 3. The molecule has 1 fully saturated rings. The van der Waals surface area contributed by atoms with E-state index in [1.165, 1.54) is 0 Å². The van der Waals surface area contributed by atoms with Gasteiger partial charge >= 0.3 is 5.97 Å². The number of nitrogens with zero attached hydrogens (tertiary/aromatic N) is 1. The number of ether oxygens (including phenoxy) is 3. The van der Waals surface area contributed by atoms with Crippen LogP contribution < -0.4 is 14.2 Å². The van der Waals surface area contributed by atoms with E-state index < -0.39 is 5.97 Å². The largest absolute Gasteiger partial charge is 0.496 e. The first-order valence-corrected chi connectivity index (χ1v) is 6.33. The van der Waals surface area contributed by atoms with Crippen LogP contribution in [0.1, 0.15) is 5.56 Å². The van der Waals surface area contributed by atoms with Crippen LogP contribution in [0.4, 0.5) is 0 Å². The molecule has 1 N–H and O–H groups in total. The Labute approximate surface area is 117 Å². The molecule has 0 unspecified atom stereocenters. The van der Waals surface area contributed by atoms with Crippen LogP contribution >= 0.6 is 0 Å². The molecule has 0 radical (unpaired) electrons. The maximum absolute atomic E-state index is 10.8. The van der Waals surface area contributed by atoms with Crippen LogP contribution in [0.25, 0.3) is 0 Å². The third-order valence-corrected chi connectivity index (χ3v) is 3.49. The molecule has 0 aliphatic carbocycles. The summed E-state index contributed by atoms with van der Waals surface area (Å²) in [6.45, 7) is 1.76. The van der Waals surface area contributed by atoms with Gasteiger partial charge in [0.05, 0.1) is 27.2 Å². The van der Waals surface area contributed by atoms with Crippen molar-refractivity contribution in [3.8, 4) is 17.2 Å². The number of carboxylic acid groups (broad SMARTS) is 1. The van der Waals surface area contributed by atoms with Crippen molar-refractivity contribution in [2.75, 3.05) is 34.4 Å². The standard InChI is InChI=1S/C14H19NO5/c1-18-11-5-13(20-3)12(19-2)4-9(11)6-15-7-10(8-15)14(16)17/h4-5,10H,6-8H2,1-3H3,(H,16,17). The molecule has 1 aliphatic rings. The second-order valence-corrected chi connectivity index (χ2v) is 4.75. The van der Waals surface area contributed by atoms with Gasteiger partial charge in [0.15, 0.2) is 11.5 Å². The zero-order valence-corrected chi connectivity index (χ0v) is 11.9. The molecular weight excluding hydrogens is 262 g/mol. The number of rotatable bonds is 6. The number of hydrogen-bond donors (Lipinski definition) is 1.